The molecule has 130 valence electrons. The molecule has 1 amide bonds. The van der Waals surface area contributed by atoms with Crippen LogP contribution in [0.15, 0.2) is 73.1 Å². The lowest BCUT2D eigenvalue weighted by Gasteiger charge is -2.14. The van der Waals surface area contributed by atoms with E-state index >= 15 is 0 Å². The van der Waals surface area contributed by atoms with E-state index in [-0.39, 0.29) is 11.9 Å². The Balaban J connectivity index is 1.69. The van der Waals surface area contributed by atoms with Crippen LogP contribution < -0.4 is 5.32 Å². The van der Waals surface area contributed by atoms with E-state index < -0.39 is 5.95 Å². The number of nitrogens with zero attached hydrogens (tertiary/aromatic N) is 2. The number of benzene rings is 1. The Morgan fingerprint density at radius 3 is 2.69 bits per heavy atom. The highest BCUT2D eigenvalue weighted by atomic mass is 19.1. The van der Waals surface area contributed by atoms with Crippen LogP contribution in [-0.4, -0.2) is 15.9 Å². The molecule has 0 saturated heterocycles. The molecule has 3 rings (SSSR count). The summed E-state index contributed by atoms with van der Waals surface area (Å²) in [5, 5.41) is 2.93. The van der Waals surface area contributed by atoms with Crippen LogP contribution in [0.1, 0.15) is 24.2 Å². The van der Waals surface area contributed by atoms with Crippen LogP contribution in [0.2, 0.25) is 0 Å². The van der Waals surface area contributed by atoms with Crippen molar-refractivity contribution in [3.8, 4) is 11.1 Å². The van der Waals surface area contributed by atoms with Crippen LogP contribution in [0.25, 0.3) is 17.2 Å². The summed E-state index contributed by atoms with van der Waals surface area (Å²) < 4.78 is 13.0. The minimum absolute atomic E-state index is 0.177. The number of hydrogen-bond donors (Lipinski definition) is 1. The highest BCUT2D eigenvalue weighted by molar-refractivity contribution is 5.91. The fourth-order valence-corrected chi connectivity index (χ4v) is 2.51. The maximum absolute atomic E-state index is 13.0. The minimum Gasteiger partial charge on any atom is -0.346 e. The van der Waals surface area contributed by atoms with E-state index in [0.717, 1.165) is 22.4 Å². The number of carbonyl (C=O) groups excluding carboxylic acids is 1. The SMILES string of the molecule is CC(NC(=O)/C=C/c1ccccn1)c1cccc(-c2ccc(F)nc2)c1. The largest absolute Gasteiger partial charge is 0.346 e. The summed E-state index contributed by atoms with van der Waals surface area (Å²) in [6, 6.07) is 16.1. The molecule has 0 spiro atoms. The van der Waals surface area contributed by atoms with E-state index in [1.807, 2.05) is 49.4 Å². The molecule has 5 heteroatoms. The van der Waals surface area contributed by atoms with Crippen LogP contribution >= 0.6 is 0 Å². The molecule has 0 aliphatic rings. The average molecular weight is 347 g/mol. The van der Waals surface area contributed by atoms with Gasteiger partial charge < -0.3 is 5.32 Å². The molecule has 4 nitrogen and oxygen atoms in total. The van der Waals surface area contributed by atoms with Crippen LogP contribution in [-0.2, 0) is 4.79 Å². The van der Waals surface area contributed by atoms with E-state index in [4.69, 9.17) is 0 Å². The van der Waals surface area contributed by atoms with Gasteiger partial charge in [0.25, 0.3) is 0 Å². The van der Waals surface area contributed by atoms with Gasteiger partial charge >= 0.3 is 0 Å². The van der Waals surface area contributed by atoms with E-state index in [0.29, 0.717) is 0 Å². The predicted molar refractivity (Wildman–Crippen MR) is 99.5 cm³/mol. The molecule has 0 aliphatic carbocycles. The molecule has 1 N–H and O–H groups in total. The van der Waals surface area contributed by atoms with E-state index in [1.165, 1.54) is 18.3 Å². The zero-order valence-electron chi connectivity index (χ0n) is 14.3. The third-order valence-corrected chi connectivity index (χ3v) is 3.90. The lowest BCUT2D eigenvalue weighted by Crippen LogP contribution is -2.24. The molecule has 0 bridgehead atoms. The Morgan fingerprint density at radius 2 is 1.96 bits per heavy atom. The van der Waals surface area contributed by atoms with Crippen LogP contribution in [0.3, 0.4) is 0 Å². The van der Waals surface area contributed by atoms with Crippen molar-refractivity contribution in [3.63, 3.8) is 0 Å². The molecule has 2 heterocycles. The third-order valence-electron chi connectivity index (χ3n) is 3.90. The van der Waals surface area contributed by atoms with Crippen molar-refractivity contribution in [2.45, 2.75) is 13.0 Å². The Bertz CT molecular complexity index is 908. The van der Waals surface area contributed by atoms with Crippen molar-refractivity contribution in [3.05, 3.63) is 90.3 Å². The van der Waals surface area contributed by atoms with Gasteiger partial charge in [-0.2, -0.15) is 4.39 Å². The second-order valence-corrected chi connectivity index (χ2v) is 5.81. The first-order valence-corrected chi connectivity index (χ1v) is 8.23. The van der Waals surface area contributed by atoms with E-state index in [1.54, 1.807) is 18.3 Å². The molecule has 26 heavy (non-hydrogen) atoms. The predicted octanol–water partition coefficient (Wildman–Crippen LogP) is 4.17. The summed E-state index contributed by atoms with van der Waals surface area (Å²) >= 11 is 0. The number of amides is 1. The second-order valence-electron chi connectivity index (χ2n) is 5.81. The number of rotatable bonds is 5. The zero-order valence-corrected chi connectivity index (χ0v) is 14.3. The van der Waals surface area contributed by atoms with Crippen molar-refractivity contribution < 1.29 is 9.18 Å². The van der Waals surface area contributed by atoms with Gasteiger partial charge in [-0.05, 0) is 54.5 Å². The first-order chi connectivity index (χ1) is 12.6. The van der Waals surface area contributed by atoms with Crippen molar-refractivity contribution in [1.29, 1.82) is 0 Å². The number of nitrogens with one attached hydrogen (secondary N) is 1. The third kappa shape index (κ3) is 4.60. The number of aromatic nitrogens is 2. The van der Waals surface area contributed by atoms with Gasteiger partial charge in [-0.1, -0.05) is 24.3 Å². The summed E-state index contributed by atoms with van der Waals surface area (Å²) in [4.78, 5) is 19.9. The van der Waals surface area contributed by atoms with E-state index in [9.17, 15) is 9.18 Å². The maximum Gasteiger partial charge on any atom is 0.244 e. The van der Waals surface area contributed by atoms with Crippen LogP contribution in [0.5, 0.6) is 0 Å². The monoisotopic (exact) mass is 347 g/mol. The fraction of sp³-hybridized carbons (Fsp3) is 0.0952. The van der Waals surface area contributed by atoms with Crippen molar-refractivity contribution in [1.82, 2.24) is 15.3 Å². The Kier molecular flexibility index (Phi) is 5.49. The quantitative estimate of drug-likeness (QED) is 0.557. The molecule has 3 aromatic rings. The normalized spacial score (nSPS) is 12.1. The molecule has 0 saturated carbocycles. The molecule has 1 atom stereocenters. The number of carbonyl (C=O) groups is 1. The number of pyridine rings is 2. The maximum atomic E-state index is 13.0. The Morgan fingerprint density at radius 1 is 1.08 bits per heavy atom. The smallest absolute Gasteiger partial charge is 0.244 e. The molecule has 1 unspecified atom stereocenters. The molecular formula is C21H18FN3O. The summed E-state index contributed by atoms with van der Waals surface area (Å²) in [6.07, 6.45) is 6.30. The molecule has 2 aromatic heterocycles. The van der Waals surface area contributed by atoms with Gasteiger partial charge in [-0.3, -0.25) is 9.78 Å². The molecule has 0 fully saturated rings. The van der Waals surface area contributed by atoms with Gasteiger partial charge in [0.05, 0.1) is 11.7 Å². The summed E-state index contributed by atoms with van der Waals surface area (Å²) in [6.45, 7) is 1.91. The topological polar surface area (TPSA) is 54.9 Å². The van der Waals surface area contributed by atoms with Crippen molar-refractivity contribution in [2.24, 2.45) is 0 Å². The van der Waals surface area contributed by atoms with Crippen LogP contribution in [0.4, 0.5) is 4.39 Å². The average Bonchev–Trinajstić information content (AvgIpc) is 2.68. The fourth-order valence-electron chi connectivity index (χ4n) is 2.51. The summed E-state index contributed by atoms with van der Waals surface area (Å²) in [5.74, 6) is -0.706. The summed E-state index contributed by atoms with van der Waals surface area (Å²) in [5.41, 5.74) is 3.41. The lowest BCUT2D eigenvalue weighted by atomic mass is 10.0. The van der Waals surface area contributed by atoms with Gasteiger partial charge in [0.15, 0.2) is 0 Å². The Hall–Kier alpha value is -3.34. The molecule has 1 aromatic carbocycles. The highest BCUT2D eigenvalue weighted by Gasteiger charge is 2.09. The number of hydrogen-bond acceptors (Lipinski definition) is 3. The number of halogens is 1. The van der Waals surface area contributed by atoms with Crippen LogP contribution in [0, 0.1) is 5.95 Å². The highest BCUT2D eigenvalue weighted by Crippen LogP contribution is 2.22. The van der Waals surface area contributed by atoms with Gasteiger partial charge in [-0.15, -0.1) is 0 Å². The second kappa shape index (κ2) is 8.16. The zero-order chi connectivity index (χ0) is 18.4. The molecule has 0 aliphatic heterocycles. The lowest BCUT2D eigenvalue weighted by molar-refractivity contribution is -0.117. The van der Waals surface area contributed by atoms with E-state index in [2.05, 4.69) is 15.3 Å². The van der Waals surface area contributed by atoms with Gasteiger partial charge in [0.2, 0.25) is 11.9 Å². The Labute approximate surface area is 151 Å². The first kappa shape index (κ1) is 17.5. The first-order valence-electron chi connectivity index (χ1n) is 8.23. The molecule has 0 radical (unpaired) electrons. The molecular weight excluding hydrogens is 329 g/mol. The standard InChI is InChI=1S/C21H18FN3O/c1-15(25-21(26)11-9-19-7-2-3-12-23-19)16-5-4-6-17(13-16)18-8-10-20(22)24-14-18/h2-15H,1H3,(H,25,26)/b11-9+. The summed E-state index contributed by atoms with van der Waals surface area (Å²) in [7, 11) is 0. The van der Waals surface area contributed by atoms with Gasteiger partial charge in [0.1, 0.15) is 0 Å². The minimum atomic E-state index is -0.509. The van der Waals surface area contributed by atoms with Crippen molar-refractivity contribution in [2.75, 3.05) is 0 Å². The van der Waals surface area contributed by atoms with Gasteiger partial charge in [-0.25, -0.2) is 4.98 Å². The van der Waals surface area contributed by atoms with Gasteiger partial charge in [0, 0.05) is 24.0 Å². The van der Waals surface area contributed by atoms with Crippen molar-refractivity contribution >= 4 is 12.0 Å².